The highest BCUT2D eigenvalue weighted by Crippen LogP contribution is 2.27. The van der Waals surface area contributed by atoms with E-state index in [1.54, 1.807) is 13.1 Å². The quantitative estimate of drug-likeness (QED) is 0.523. The lowest BCUT2D eigenvalue weighted by Crippen LogP contribution is -2.27. The number of carbonyl (C=O) groups is 1. The van der Waals surface area contributed by atoms with E-state index >= 15 is 0 Å². The van der Waals surface area contributed by atoms with E-state index in [9.17, 15) is 14.0 Å². The second-order valence-electron chi connectivity index (χ2n) is 7.83. The number of benzene rings is 1. The molecule has 0 unspecified atom stereocenters. The Balaban J connectivity index is 1.39. The zero-order valence-corrected chi connectivity index (χ0v) is 17.5. The average molecular weight is 436 g/mol. The third-order valence-corrected chi connectivity index (χ3v) is 5.63. The summed E-state index contributed by atoms with van der Waals surface area (Å²) in [6.45, 7) is 0.504. The summed E-state index contributed by atoms with van der Waals surface area (Å²) in [4.78, 5) is 29.3. The van der Waals surface area contributed by atoms with Crippen molar-refractivity contribution >= 4 is 22.6 Å². The second-order valence-corrected chi connectivity index (χ2v) is 7.83. The van der Waals surface area contributed by atoms with Crippen molar-refractivity contribution < 1.29 is 9.18 Å². The number of nitrogens with one attached hydrogen (secondary N) is 1. The summed E-state index contributed by atoms with van der Waals surface area (Å²) in [5.41, 5.74) is 0.770. The predicted molar refractivity (Wildman–Crippen MR) is 114 cm³/mol. The minimum Gasteiger partial charge on any atom is -0.325 e. The molecule has 1 aromatic carbocycles. The molecule has 0 aliphatic carbocycles. The van der Waals surface area contributed by atoms with E-state index in [2.05, 4.69) is 25.6 Å². The fourth-order valence-corrected chi connectivity index (χ4v) is 3.99. The van der Waals surface area contributed by atoms with Gasteiger partial charge in [0.05, 0.1) is 11.8 Å². The van der Waals surface area contributed by atoms with Crippen LogP contribution in [0.4, 0.5) is 10.1 Å². The molecule has 0 saturated carbocycles. The molecule has 4 heterocycles. The van der Waals surface area contributed by atoms with Gasteiger partial charge in [0.1, 0.15) is 29.9 Å². The van der Waals surface area contributed by atoms with Gasteiger partial charge in [-0.1, -0.05) is 6.42 Å². The van der Waals surface area contributed by atoms with Gasteiger partial charge in [0.2, 0.25) is 5.91 Å². The number of rotatable bonds is 4. The molecule has 1 amide bonds. The number of amides is 1. The SMILES string of the molecule is Cn1ncc2c(=O)n(CC(=O)Nc3ccc(F)c(-c4nnc5n4CCCCC5)c3)cnc21. The maximum atomic E-state index is 14.6. The monoisotopic (exact) mass is 436 g/mol. The molecule has 5 rings (SSSR count). The summed E-state index contributed by atoms with van der Waals surface area (Å²) >= 11 is 0. The van der Waals surface area contributed by atoms with Crippen molar-refractivity contribution in [3.8, 4) is 11.4 Å². The molecule has 0 saturated heterocycles. The zero-order chi connectivity index (χ0) is 22.2. The standard InChI is InChI=1S/C21H21FN8O2/c1-28-19-15(10-24-28)21(32)29(12-23-19)11-18(31)25-13-6-7-16(22)14(9-13)20-27-26-17-5-3-2-4-8-30(17)20/h6-7,9-10,12H,2-5,8,11H2,1H3,(H,25,31). The third kappa shape index (κ3) is 3.55. The van der Waals surface area contributed by atoms with Crippen LogP contribution < -0.4 is 10.9 Å². The van der Waals surface area contributed by atoms with Gasteiger partial charge in [-0.3, -0.25) is 18.8 Å². The van der Waals surface area contributed by atoms with Gasteiger partial charge in [0.25, 0.3) is 5.56 Å². The Hall–Kier alpha value is -3.89. The van der Waals surface area contributed by atoms with Crippen LogP contribution in [-0.4, -0.2) is 40.0 Å². The van der Waals surface area contributed by atoms with Crippen LogP contribution in [0, 0.1) is 5.82 Å². The van der Waals surface area contributed by atoms with Crippen LogP contribution in [0.3, 0.4) is 0 Å². The first-order valence-corrected chi connectivity index (χ1v) is 10.4. The molecule has 32 heavy (non-hydrogen) atoms. The van der Waals surface area contributed by atoms with Crippen molar-refractivity contribution in [3.63, 3.8) is 0 Å². The Morgan fingerprint density at radius 2 is 2.09 bits per heavy atom. The Labute approximate surface area is 181 Å². The maximum absolute atomic E-state index is 14.6. The van der Waals surface area contributed by atoms with Gasteiger partial charge in [0, 0.05) is 25.7 Å². The molecule has 0 atom stereocenters. The van der Waals surface area contributed by atoms with Crippen molar-refractivity contribution in [2.45, 2.75) is 38.8 Å². The number of halogens is 1. The van der Waals surface area contributed by atoms with E-state index in [0.717, 1.165) is 38.1 Å². The van der Waals surface area contributed by atoms with E-state index in [1.165, 1.54) is 33.9 Å². The maximum Gasteiger partial charge on any atom is 0.264 e. The Bertz CT molecular complexity index is 1390. The summed E-state index contributed by atoms with van der Waals surface area (Å²) < 4.78 is 19.3. The van der Waals surface area contributed by atoms with Crippen molar-refractivity contribution in [1.29, 1.82) is 0 Å². The van der Waals surface area contributed by atoms with Crippen molar-refractivity contribution in [3.05, 3.63) is 52.7 Å². The van der Waals surface area contributed by atoms with Crippen LogP contribution >= 0.6 is 0 Å². The predicted octanol–water partition coefficient (Wildman–Crippen LogP) is 1.89. The molecule has 10 nitrogen and oxygen atoms in total. The Morgan fingerprint density at radius 1 is 1.22 bits per heavy atom. The molecule has 11 heteroatoms. The molecular formula is C21H21FN8O2. The summed E-state index contributed by atoms with van der Waals surface area (Å²) in [5, 5.41) is 15.5. The van der Waals surface area contributed by atoms with Crippen LogP contribution in [0.1, 0.15) is 25.1 Å². The van der Waals surface area contributed by atoms with Gasteiger partial charge >= 0.3 is 0 Å². The van der Waals surface area contributed by atoms with Gasteiger partial charge in [-0.25, -0.2) is 9.37 Å². The van der Waals surface area contributed by atoms with Gasteiger partial charge in [-0.05, 0) is 31.0 Å². The molecule has 1 aliphatic heterocycles. The second kappa shape index (κ2) is 7.98. The van der Waals surface area contributed by atoms with Gasteiger partial charge in [-0.15, -0.1) is 10.2 Å². The summed E-state index contributed by atoms with van der Waals surface area (Å²) in [6.07, 6.45) is 6.67. The van der Waals surface area contributed by atoms with E-state index in [1.807, 2.05) is 4.57 Å². The van der Waals surface area contributed by atoms with Gasteiger partial charge in [0.15, 0.2) is 11.5 Å². The molecule has 3 aromatic heterocycles. The van der Waals surface area contributed by atoms with Crippen LogP contribution in [0.5, 0.6) is 0 Å². The molecule has 0 radical (unpaired) electrons. The molecule has 1 N–H and O–H groups in total. The fourth-order valence-electron chi connectivity index (χ4n) is 3.99. The molecule has 4 aromatic rings. The first kappa shape index (κ1) is 20.0. The Morgan fingerprint density at radius 3 is 2.97 bits per heavy atom. The summed E-state index contributed by atoms with van der Waals surface area (Å²) in [5.74, 6) is 0.432. The first-order chi connectivity index (χ1) is 15.5. The number of nitrogens with zero attached hydrogens (tertiary/aromatic N) is 7. The molecule has 0 bridgehead atoms. The lowest BCUT2D eigenvalue weighted by molar-refractivity contribution is -0.116. The molecular weight excluding hydrogens is 415 g/mol. The number of hydrogen-bond donors (Lipinski definition) is 1. The van der Waals surface area contributed by atoms with E-state index < -0.39 is 11.7 Å². The van der Waals surface area contributed by atoms with Crippen LogP contribution in [0.2, 0.25) is 0 Å². The number of hydrogen-bond acceptors (Lipinski definition) is 6. The van der Waals surface area contributed by atoms with E-state index in [-0.39, 0.29) is 17.7 Å². The van der Waals surface area contributed by atoms with E-state index in [4.69, 9.17) is 0 Å². The molecule has 1 aliphatic rings. The minimum absolute atomic E-state index is 0.232. The van der Waals surface area contributed by atoms with Gasteiger partial charge < -0.3 is 9.88 Å². The van der Waals surface area contributed by atoms with E-state index in [0.29, 0.717) is 22.5 Å². The number of aromatic nitrogens is 7. The molecule has 164 valence electrons. The highest BCUT2D eigenvalue weighted by Gasteiger charge is 2.19. The number of anilines is 1. The van der Waals surface area contributed by atoms with Crippen LogP contribution in [0.25, 0.3) is 22.4 Å². The lowest BCUT2D eigenvalue weighted by Gasteiger charge is -2.11. The highest BCUT2D eigenvalue weighted by atomic mass is 19.1. The van der Waals surface area contributed by atoms with Crippen molar-refractivity contribution in [2.24, 2.45) is 7.05 Å². The van der Waals surface area contributed by atoms with Crippen molar-refractivity contribution in [2.75, 3.05) is 5.32 Å². The number of carbonyl (C=O) groups excluding carboxylic acids is 1. The molecule has 0 spiro atoms. The zero-order valence-electron chi connectivity index (χ0n) is 17.5. The van der Waals surface area contributed by atoms with Gasteiger partial charge in [-0.2, -0.15) is 5.10 Å². The van der Waals surface area contributed by atoms with Crippen molar-refractivity contribution in [1.82, 2.24) is 34.1 Å². The largest absolute Gasteiger partial charge is 0.325 e. The normalized spacial score (nSPS) is 13.7. The Kier molecular flexibility index (Phi) is 5.00. The third-order valence-electron chi connectivity index (χ3n) is 5.63. The molecule has 0 fully saturated rings. The fraction of sp³-hybridized carbons (Fsp3) is 0.333. The van der Waals surface area contributed by atoms with Crippen LogP contribution in [0.15, 0.2) is 35.5 Å². The van der Waals surface area contributed by atoms with Crippen LogP contribution in [-0.2, 0) is 31.4 Å². The minimum atomic E-state index is -0.440. The lowest BCUT2D eigenvalue weighted by atomic mass is 10.1. The summed E-state index contributed by atoms with van der Waals surface area (Å²) in [7, 11) is 1.69. The average Bonchev–Trinajstić information content (AvgIpc) is 3.27. The number of fused-ring (bicyclic) bond motifs is 2. The smallest absolute Gasteiger partial charge is 0.264 e. The topological polar surface area (TPSA) is 113 Å². The summed E-state index contributed by atoms with van der Waals surface area (Å²) in [6, 6.07) is 4.31. The first-order valence-electron chi connectivity index (χ1n) is 10.4. The number of aryl methyl sites for hydroxylation is 2. The highest BCUT2D eigenvalue weighted by molar-refractivity contribution is 5.91.